The summed E-state index contributed by atoms with van der Waals surface area (Å²) < 4.78 is 42.0. The Bertz CT molecular complexity index is 654. The van der Waals surface area contributed by atoms with E-state index in [0.29, 0.717) is 26.1 Å². The molecule has 0 spiro atoms. The number of hydrogen-bond acceptors (Lipinski definition) is 4. The van der Waals surface area contributed by atoms with Crippen LogP contribution in [-0.2, 0) is 14.8 Å². The molecule has 0 aromatic heterocycles. The SMILES string of the molecule is Cc1cc(S(N)(=O)=O)cc(C(=O)NC2CCOCC2)c1F. The smallest absolute Gasteiger partial charge is 0.254 e. The maximum absolute atomic E-state index is 14.1. The second kappa shape index (κ2) is 6.08. The average molecular weight is 316 g/mol. The summed E-state index contributed by atoms with van der Waals surface area (Å²) in [6, 6.07) is 1.96. The number of amides is 1. The predicted octanol–water partition coefficient (Wildman–Crippen LogP) is 0.690. The minimum atomic E-state index is -4.00. The van der Waals surface area contributed by atoms with Crippen LogP contribution in [0.15, 0.2) is 17.0 Å². The van der Waals surface area contributed by atoms with Crippen LogP contribution in [0.3, 0.4) is 0 Å². The maximum Gasteiger partial charge on any atom is 0.254 e. The van der Waals surface area contributed by atoms with Crippen LogP contribution < -0.4 is 10.5 Å². The summed E-state index contributed by atoms with van der Waals surface area (Å²) in [5, 5.41) is 7.72. The zero-order chi connectivity index (χ0) is 15.6. The van der Waals surface area contributed by atoms with Crippen molar-refractivity contribution in [3.05, 3.63) is 29.1 Å². The molecular formula is C13H17FN2O4S. The molecule has 0 atom stereocenters. The summed E-state index contributed by atoms with van der Waals surface area (Å²) in [5.74, 6) is -1.39. The molecule has 1 fully saturated rings. The van der Waals surface area contributed by atoms with E-state index < -0.39 is 21.7 Å². The van der Waals surface area contributed by atoms with E-state index in [1.807, 2.05) is 0 Å². The largest absolute Gasteiger partial charge is 0.381 e. The number of rotatable bonds is 3. The summed E-state index contributed by atoms with van der Waals surface area (Å²) in [6.07, 6.45) is 1.28. The highest BCUT2D eigenvalue weighted by atomic mass is 32.2. The Hall–Kier alpha value is -1.51. The molecule has 0 saturated carbocycles. The molecule has 1 heterocycles. The lowest BCUT2D eigenvalue weighted by molar-refractivity contribution is 0.0694. The Balaban J connectivity index is 2.29. The van der Waals surface area contributed by atoms with Gasteiger partial charge in [0.2, 0.25) is 10.0 Å². The van der Waals surface area contributed by atoms with Gasteiger partial charge in [-0.05, 0) is 37.5 Å². The van der Waals surface area contributed by atoms with Crippen LogP contribution in [0, 0.1) is 12.7 Å². The molecule has 0 aliphatic carbocycles. The third-order valence-electron chi connectivity index (χ3n) is 3.36. The van der Waals surface area contributed by atoms with E-state index in [0.717, 1.165) is 12.1 Å². The lowest BCUT2D eigenvalue weighted by Gasteiger charge is -2.23. The molecule has 116 valence electrons. The highest BCUT2D eigenvalue weighted by molar-refractivity contribution is 7.89. The van der Waals surface area contributed by atoms with Gasteiger partial charge < -0.3 is 10.1 Å². The van der Waals surface area contributed by atoms with Crippen molar-refractivity contribution in [2.45, 2.75) is 30.7 Å². The number of hydrogen-bond donors (Lipinski definition) is 2. The van der Waals surface area contributed by atoms with Gasteiger partial charge in [0, 0.05) is 19.3 Å². The number of aryl methyl sites for hydroxylation is 1. The number of nitrogens with two attached hydrogens (primary N) is 1. The van der Waals surface area contributed by atoms with E-state index in [9.17, 15) is 17.6 Å². The number of ether oxygens (including phenoxy) is 1. The third-order valence-corrected chi connectivity index (χ3v) is 4.25. The maximum atomic E-state index is 14.1. The number of carbonyl (C=O) groups is 1. The van der Waals surface area contributed by atoms with E-state index in [4.69, 9.17) is 9.88 Å². The summed E-state index contributed by atoms with van der Waals surface area (Å²) in [7, 11) is -4.00. The Kier molecular flexibility index (Phi) is 4.60. The molecule has 1 amide bonds. The van der Waals surface area contributed by atoms with Gasteiger partial charge in [0.15, 0.2) is 0 Å². The summed E-state index contributed by atoms with van der Waals surface area (Å²) in [4.78, 5) is 11.9. The van der Waals surface area contributed by atoms with Crippen LogP contribution in [0.25, 0.3) is 0 Å². The molecule has 1 saturated heterocycles. The van der Waals surface area contributed by atoms with Crippen LogP contribution in [0.1, 0.15) is 28.8 Å². The van der Waals surface area contributed by atoms with Gasteiger partial charge in [-0.15, -0.1) is 0 Å². The van der Waals surface area contributed by atoms with Crippen molar-refractivity contribution in [2.24, 2.45) is 5.14 Å². The lowest BCUT2D eigenvalue weighted by atomic mass is 10.1. The Morgan fingerprint density at radius 1 is 1.38 bits per heavy atom. The zero-order valence-corrected chi connectivity index (χ0v) is 12.4. The predicted molar refractivity (Wildman–Crippen MR) is 73.8 cm³/mol. The number of carbonyl (C=O) groups excluding carboxylic acids is 1. The molecule has 2 rings (SSSR count). The van der Waals surface area contributed by atoms with Gasteiger partial charge in [0.05, 0.1) is 10.5 Å². The molecule has 1 aromatic rings. The van der Waals surface area contributed by atoms with Crippen LogP contribution in [0.4, 0.5) is 4.39 Å². The van der Waals surface area contributed by atoms with Gasteiger partial charge in [-0.25, -0.2) is 17.9 Å². The molecule has 1 aliphatic heterocycles. The summed E-state index contributed by atoms with van der Waals surface area (Å²) in [5.41, 5.74) is -0.260. The highest BCUT2D eigenvalue weighted by Gasteiger charge is 2.22. The number of sulfonamides is 1. The Morgan fingerprint density at radius 2 is 2.00 bits per heavy atom. The number of primary sulfonamides is 1. The van der Waals surface area contributed by atoms with Gasteiger partial charge in [-0.1, -0.05) is 0 Å². The molecule has 0 unspecified atom stereocenters. The highest BCUT2D eigenvalue weighted by Crippen LogP contribution is 2.19. The normalized spacial score (nSPS) is 16.7. The van der Waals surface area contributed by atoms with Gasteiger partial charge in [-0.3, -0.25) is 4.79 Å². The molecule has 0 bridgehead atoms. The van der Waals surface area contributed by atoms with E-state index in [1.54, 1.807) is 0 Å². The molecule has 1 aromatic carbocycles. The van der Waals surface area contributed by atoms with E-state index in [-0.39, 0.29) is 22.1 Å². The first-order chi connectivity index (χ1) is 9.79. The first kappa shape index (κ1) is 15.9. The van der Waals surface area contributed by atoms with Crippen molar-refractivity contribution in [3.63, 3.8) is 0 Å². The average Bonchev–Trinajstić information content (AvgIpc) is 2.41. The minimum Gasteiger partial charge on any atom is -0.381 e. The van der Waals surface area contributed by atoms with Crippen molar-refractivity contribution in [1.82, 2.24) is 5.32 Å². The van der Waals surface area contributed by atoms with Crippen molar-refractivity contribution >= 4 is 15.9 Å². The lowest BCUT2D eigenvalue weighted by Crippen LogP contribution is -2.39. The van der Waals surface area contributed by atoms with Crippen molar-refractivity contribution in [1.29, 1.82) is 0 Å². The topological polar surface area (TPSA) is 98.5 Å². The van der Waals surface area contributed by atoms with Crippen molar-refractivity contribution in [2.75, 3.05) is 13.2 Å². The quantitative estimate of drug-likeness (QED) is 0.857. The number of benzene rings is 1. The molecule has 0 radical (unpaired) electrons. The molecule has 21 heavy (non-hydrogen) atoms. The van der Waals surface area contributed by atoms with Crippen LogP contribution in [0.2, 0.25) is 0 Å². The van der Waals surface area contributed by atoms with Gasteiger partial charge in [0.25, 0.3) is 5.91 Å². The van der Waals surface area contributed by atoms with Crippen LogP contribution >= 0.6 is 0 Å². The molecule has 3 N–H and O–H groups in total. The van der Waals surface area contributed by atoms with E-state index >= 15 is 0 Å². The Labute approximate surface area is 122 Å². The van der Waals surface area contributed by atoms with E-state index in [1.165, 1.54) is 6.92 Å². The first-order valence-corrected chi connectivity index (χ1v) is 8.05. The minimum absolute atomic E-state index is 0.0543. The second-order valence-corrected chi connectivity index (χ2v) is 6.57. The van der Waals surface area contributed by atoms with Gasteiger partial charge >= 0.3 is 0 Å². The molecular weight excluding hydrogens is 299 g/mol. The number of halogens is 1. The fourth-order valence-corrected chi connectivity index (χ4v) is 2.79. The summed E-state index contributed by atoms with van der Waals surface area (Å²) >= 11 is 0. The standard InChI is InChI=1S/C13H17FN2O4S/c1-8-6-10(21(15,18)19)7-11(12(8)14)13(17)16-9-2-4-20-5-3-9/h6-7,9H,2-5H2,1H3,(H,16,17)(H2,15,18,19). The number of nitrogens with one attached hydrogen (secondary N) is 1. The molecule has 8 heteroatoms. The Morgan fingerprint density at radius 3 is 2.57 bits per heavy atom. The second-order valence-electron chi connectivity index (χ2n) is 5.01. The monoisotopic (exact) mass is 316 g/mol. The van der Waals surface area contributed by atoms with Crippen LogP contribution in [-0.4, -0.2) is 33.6 Å². The molecule has 1 aliphatic rings. The van der Waals surface area contributed by atoms with Gasteiger partial charge in [0.1, 0.15) is 5.82 Å². The third kappa shape index (κ3) is 3.78. The zero-order valence-electron chi connectivity index (χ0n) is 11.6. The van der Waals surface area contributed by atoms with Crippen molar-refractivity contribution < 1.29 is 22.3 Å². The summed E-state index contributed by atoms with van der Waals surface area (Å²) in [6.45, 7) is 2.45. The fourth-order valence-electron chi connectivity index (χ4n) is 2.17. The van der Waals surface area contributed by atoms with Crippen LogP contribution in [0.5, 0.6) is 0 Å². The fraction of sp³-hybridized carbons (Fsp3) is 0.462. The first-order valence-electron chi connectivity index (χ1n) is 6.50. The van der Waals surface area contributed by atoms with E-state index in [2.05, 4.69) is 5.32 Å². The van der Waals surface area contributed by atoms with Crippen molar-refractivity contribution in [3.8, 4) is 0 Å². The van der Waals surface area contributed by atoms with Gasteiger partial charge in [-0.2, -0.15) is 0 Å². The molecule has 6 nitrogen and oxygen atoms in total.